The molecule has 0 N–H and O–H groups in total. The second kappa shape index (κ2) is 8.24. The summed E-state index contributed by atoms with van der Waals surface area (Å²) in [5, 5.41) is 13.2. The van der Waals surface area contributed by atoms with E-state index in [1.807, 2.05) is 11.8 Å². The summed E-state index contributed by atoms with van der Waals surface area (Å²) >= 11 is 0. The average Bonchev–Trinajstić information content (AvgIpc) is 2.98. The normalized spacial score (nSPS) is 19.9. The molecule has 1 unspecified atom stereocenters. The Morgan fingerprint density at radius 2 is 2.04 bits per heavy atom. The van der Waals surface area contributed by atoms with Crippen molar-refractivity contribution < 1.29 is 4.79 Å². The van der Waals surface area contributed by atoms with Gasteiger partial charge in [0.05, 0.1) is 0 Å². The zero-order valence-corrected chi connectivity index (χ0v) is 16.5. The lowest BCUT2D eigenvalue weighted by Gasteiger charge is -2.32. The maximum Gasteiger partial charge on any atom is 0.274 e. The molecule has 0 aliphatic carbocycles. The number of hydrogen-bond donors (Lipinski definition) is 0. The van der Waals surface area contributed by atoms with Gasteiger partial charge in [0, 0.05) is 44.6 Å². The first-order valence-corrected chi connectivity index (χ1v) is 10.5. The van der Waals surface area contributed by atoms with E-state index in [0.29, 0.717) is 25.3 Å². The summed E-state index contributed by atoms with van der Waals surface area (Å²) in [5.74, 6) is 2.21. The molecular weight excluding hydrogens is 356 g/mol. The molecule has 1 atom stereocenters. The molecule has 8 nitrogen and oxygen atoms in total. The van der Waals surface area contributed by atoms with Crippen molar-refractivity contribution in [2.75, 3.05) is 13.1 Å². The minimum Gasteiger partial charge on any atom is -0.337 e. The number of amides is 1. The Balaban J connectivity index is 1.53. The van der Waals surface area contributed by atoms with E-state index in [9.17, 15) is 9.59 Å². The number of nitrogens with zero attached hydrogens (tertiary/aromatic N) is 6. The maximum atomic E-state index is 13.0. The van der Waals surface area contributed by atoms with Gasteiger partial charge in [0.2, 0.25) is 0 Å². The third-order valence-electron chi connectivity index (χ3n) is 5.73. The van der Waals surface area contributed by atoms with E-state index in [-0.39, 0.29) is 17.4 Å². The Labute approximate surface area is 164 Å². The lowest BCUT2D eigenvalue weighted by molar-refractivity contribution is 0.0694. The Morgan fingerprint density at radius 1 is 1.14 bits per heavy atom. The molecule has 0 spiro atoms. The van der Waals surface area contributed by atoms with Crippen molar-refractivity contribution in [3.05, 3.63) is 39.8 Å². The van der Waals surface area contributed by atoms with Gasteiger partial charge in [0.1, 0.15) is 17.3 Å². The lowest BCUT2D eigenvalue weighted by atomic mass is 9.96. The molecule has 2 aromatic heterocycles. The first kappa shape index (κ1) is 18.8. The third-order valence-corrected chi connectivity index (χ3v) is 5.73. The molecule has 150 valence electrons. The monoisotopic (exact) mass is 384 g/mol. The number of likely N-dealkylation sites (tertiary alicyclic amines) is 1. The van der Waals surface area contributed by atoms with Crippen LogP contribution in [0.3, 0.4) is 0 Å². The molecule has 0 radical (unpaired) electrons. The molecule has 28 heavy (non-hydrogen) atoms. The Bertz CT molecular complexity index is 902. The van der Waals surface area contributed by atoms with Gasteiger partial charge >= 0.3 is 0 Å². The zero-order valence-electron chi connectivity index (χ0n) is 16.5. The van der Waals surface area contributed by atoms with Crippen molar-refractivity contribution in [3.63, 3.8) is 0 Å². The van der Waals surface area contributed by atoms with Crippen LogP contribution in [0.1, 0.15) is 73.5 Å². The highest BCUT2D eigenvalue weighted by Crippen LogP contribution is 2.28. The average molecular weight is 384 g/mol. The fourth-order valence-corrected chi connectivity index (χ4v) is 4.28. The number of fused-ring (bicyclic) bond motifs is 1. The van der Waals surface area contributed by atoms with Gasteiger partial charge in [-0.15, -0.1) is 10.2 Å². The van der Waals surface area contributed by atoms with E-state index in [0.717, 1.165) is 50.3 Å². The van der Waals surface area contributed by atoms with Crippen LogP contribution < -0.4 is 5.56 Å². The second-order valence-corrected chi connectivity index (χ2v) is 7.81. The van der Waals surface area contributed by atoms with Crippen LogP contribution in [0.25, 0.3) is 0 Å². The summed E-state index contributed by atoms with van der Waals surface area (Å²) in [7, 11) is 0. The van der Waals surface area contributed by atoms with E-state index >= 15 is 0 Å². The number of hydrogen-bond acceptors (Lipinski definition) is 5. The molecule has 4 rings (SSSR count). The summed E-state index contributed by atoms with van der Waals surface area (Å²) in [4.78, 5) is 26.8. The van der Waals surface area contributed by atoms with Gasteiger partial charge in [-0.2, -0.15) is 5.10 Å². The van der Waals surface area contributed by atoms with E-state index < -0.39 is 0 Å². The predicted molar refractivity (Wildman–Crippen MR) is 104 cm³/mol. The van der Waals surface area contributed by atoms with Crippen LogP contribution in [-0.2, 0) is 19.5 Å². The molecule has 1 saturated heterocycles. The summed E-state index contributed by atoms with van der Waals surface area (Å²) in [5.41, 5.74) is 0.176. The fourth-order valence-electron chi connectivity index (χ4n) is 4.28. The first-order chi connectivity index (χ1) is 13.7. The Kier molecular flexibility index (Phi) is 5.54. The van der Waals surface area contributed by atoms with Crippen molar-refractivity contribution in [2.24, 2.45) is 0 Å². The number of piperidine rings is 1. The van der Waals surface area contributed by atoms with Crippen LogP contribution in [-0.4, -0.2) is 48.4 Å². The molecule has 8 heteroatoms. The third kappa shape index (κ3) is 3.72. The molecule has 2 aliphatic rings. The highest BCUT2D eigenvalue weighted by molar-refractivity contribution is 5.92. The van der Waals surface area contributed by atoms with Gasteiger partial charge in [-0.1, -0.05) is 13.3 Å². The summed E-state index contributed by atoms with van der Waals surface area (Å²) < 4.78 is 3.67. The minimum absolute atomic E-state index is 0.106. The van der Waals surface area contributed by atoms with E-state index in [4.69, 9.17) is 0 Å². The number of carbonyl (C=O) groups is 1. The number of rotatable bonds is 4. The van der Waals surface area contributed by atoms with Crippen molar-refractivity contribution in [3.8, 4) is 0 Å². The van der Waals surface area contributed by atoms with E-state index in [1.165, 1.54) is 23.6 Å². The lowest BCUT2D eigenvalue weighted by Crippen LogP contribution is -2.41. The van der Waals surface area contributed by atoms with Gasteiger partial charge in [-0.25, -0.2) is 4.68 Å². The summed E-state index contributed by atoms with van der Waals surface area (Å²) in [6.07, 6.45) is 7.32. The molecule has 0 saturated carbocycles. The van der Waals surface area contributed by atoms with E-state index in [2.05, 4.69) is 19.9 Å². The summed E-state index contributed by atoms with van der Waals surface area (Å²) in [6, 6.07) is 2.99. The Hall–Kier alpha value is -2.51. The van der Waals surface area contributed by atoms with E-state index in [1.54, 1.807) is 6.07 Å². The first-order valence-electron chi connectivity index (χ1n) is 10.5. The Morgan fingerprint density at radius 3 is 2.89 bits per heavy atom. The maximum absolute atomic E-state index is 13.0. The number of aryl methyl sites for hydroxylation is 2. The van der Waals surface area contributed by atoms with Gasteiger partial charge in [0.25, 0.3) is 11.5 Å². The van der Waals surface area contributed by atoms with Gasteiger partial charge in [-0.3, -0.25) is 9.59 Å². The van der Waals surface area contributed by atoms with Crippen LogP contribution in [0.2, 0.25) is 0 Å². The van der Waals surface area contributed by atoms with Crippen molar-refractivity contribution in [1.29, 1.82) is 0 Å². The molecule has 2 aromatic rings. The molecule has 0 aromatic carbocycles. The van der Waals surface area contributed by atoms with Crippen molar-refractivity contribution in [2.45, 2.75) is 70.9 Å². The van der Waals surface area contributed by atoms with Gasteiger partial charge in [0.15, 0.2) is 0 Å². The molecule has 1 amide bonds. The van der Waals surface area contributed by atoms with Crippen LogP contribution >= 0.6 is 0 Å². The smallest absolute Gasteiger partial charge is 0.274 e. The zero-order chi connectivity index (χ0) is 19.5. The van der Waals surface area contributed by atoms with Crippen LogP contribution in [0.5, 0.6) is 0 Å². The minimum atomic E-state index is -0.166. The summed E-state index contributed by atoms with van der Waals surface area (Å²) in [6.45, 7) is 4.83. The van der Waals surface area contributed by atoms with Gasteiger partial charge in [-0.05, 0) is 38.2 Å². The van der Waals surface area contributed by atoms with Crippen LogP contribution in [0, 0.1) is 0 Å². The quantitative estimate of drug-likeness (QED) is 0.805. The predicted octanol–water partition coefficient (Wildman–Crippen LogP) is 1.99. The number of aromatic nitrogens is 5. The van der Waals surface area contributed by atoms with Crippen LogP contribution in [0.15, 0.2) is 16.9 Å². The van der Waals surface area contributed by atoms with Crippen LogP contribution in [0.4, 0.5) is 0 Å². The molecule has 2 aliphatic heterocycles. The fraction of sp³-hybridized carbons (Fsp3) is 0.650. The molecule has 4 heterocycles. The standard InChI is InChI=1S/C20H28N6O2/c1-2-11-26-18(27)10-9-16(23-26)20(28)24-12-6-7-15(14-24)19-22-21-17-8-4-3-5-13-25(17)19/h9-10,15H,2-8,11-14H2,1H3. The molecule has 1 fully saturated rings. The second-order valence-electron chi connectivity index (χ2n) is 7.81. The molecular formula is C20H28N6O2. The SMILES string of the molecule is CCCn1nc(C(=O)N2CCCC(c3nnc4n3CCCCC4)C2)ccc1=O. The number of carbonyl (C=O) groups excluding carboxylic acids is 1. The topological polar surface area (TPSA) is 85.9 Å². The largest absolute Gasteiger partial charge is 0.337 e. The van der Waals surface area contributed by atoms with Crippen molar-refractivity contribution >= 4 is 5.91 Å². The van der Waals surface area contributed by atoms with Gasteiger partial charge < -0.3 is 9.47 Å². The highest BCUT2D eigenvalue weighted by Gasteiger charge is 2.30. The molecule has 0 bridgehead atoms. The van der Waals surface area contributed by atoms with Crippen molar-refractivity contribution in [1.82, 2.24) is 29.4 Å². The highest BCUT2D eigenvalue weighted by atomic mass is 16.2.